The van der Waals surface area contributed by atoms with E-state index in [-0.39, 0.29) is 17.7 Å². The molecule has 2 heterocycles. The van der Waals surface area contributed by atoms with Crippen LogP contribution in [0.3, 0.4) is 0 Å². The molecule has 0 fully saturated rings. The number of nitrogens with zero attached hydrogens (tertiary/aromatic N) is 3. The second kappa shape index (κ2) is 8.09. The highest BCUT2D eigenvalue weighted by molar-refractivity contribution is 5.99. The maximum atomic E-state index is 14.6. The van der Waals surface area contributed by atoms with Gasteiger partial charge in [-0.15, -0.1) is 0 Å². The number of carboxylic acids is 1. The Morgan fingerprint density at radius 3 is 2.68 bits per heavy atom. The van der Waals surface area contributed by atoms with Gasteiger partial charge in [0.2, 0.25) is 0 Å². The number of methoxy groups -OCH3 is 1. The molecule has 2 aromatic heterocycles. The van der Waals surface area contributed by atoms with E-state index in [0.717, 1.165) is 0 Å². The minimum Gasteiger partial charge on any atom is -0.494 e. The molecule has 0 saturated carbocycles. The molecule has 176 valence electrons. The molecule has 0 aliphatic heterocycles. The maximum absolute atomic E-state index is 14.6. The number of hydrogen-bond acceptors (Lipinski definition) is 4. The van der Waals surface area contributed by atoms with E-state index in [2.05, 4.69) is 16.3 Å². The molecule has 0 spiro atoms. The van der Waals surface area contributed by atoms with E-state index < -0.39 is 29.5 Å². The molecule has 0 aliphatic rings. The smallest absolute Gasteiger partial charge is 0.374 e. The fraction of sp³-hybridized carbons (Fsp3) is 0.292. The summed E-state index contributed by atoms with van der Waals surface area (Å²) >= 11 is 0. The summed E-state index contributed by atoms with van der Waals surface area (Å²) < 4.78 is 50.1. The second-order valence-corrected chi connectivity index (χ2v) is 8.71. The van der Waals surface area contributed by atoms with Gasteiger partial charge in [0.1, 0.15) is 0 Å². The summed E-state index contributed by atoms with van der Waals surface area (Å²) in [5, 5.41) is 26.5. The zero-order valence-electron chi connectivity index (χ0n) is 18.6. The van der Waals surface area contributed by atoms with Gasteiger partial charge in [-0.1, -0.05) is 13.8 Å². The van der Waals surface area contributed by atoms with Crippen LogP contribution in [0, 0.1) is 17.1 Å². The van der Waals surface area contributed by atoms with Crippen LogP contribution in [0.2, 0.25) is 0 Å². The van der Waals surface area contributed by atoms with Crippen molar-refractivity contribution in [3.63, 3.8) is 0 Å². The van der Waals surface area contributed by atoms with Gasteiger partial charge in [-0.05, 0) is 29.8 Å². The zero-order valence-corrected chi connectivity index (χ0v) is 18.6. The Balaban J connectivity index is 2.18. The molecule has 0 bridgehead atoms. The highest BCUT2D eigenvalue weighted by atomic mass is 19.3. The number of fused-ring (bicyclic) bond motifs is 2. The topological polar surface area (TPSA) is 104 Å². The van der Waals surface area contributed by atoms with E-state index in [1.165, 1.54) is 25.3 Å². The minimum atomic E-state index is -4.06. The van der Waals surface area contributed by atoms with Crippen molar-refractivity contribution in [1.29, 1.82) is 5.26 Å². The van der Waals surface area contributed by atoms with E-state index >= 15 is 0 Å². The fourth-order valence-corrected chi connectivity index (χ4v) is 4.31. The lowest BCUT2D eigenvalue weighted by atomic mass is 9.82. The minimum absolute atomic E-state index is 0.0350. The Morgan fingerprint density at radius 2 is 2.03 bits per heavy atom. The Morgan fingerprint density at radius 1 is 1.29 bits per heavy atom. The quantitative estimate of drug-likeness (QED) is 0.391. The van der Waals surface area contributed by atoms with Crippen molar-refractivity contribution in [2.45, 2.75) is 38.0 Å². The number of hydrogen-bond donors (Lipinski definition) is 2. The summed E-state index contributed by atoms with van der Waals surface area (Å²) in [5.41, 5.74) is 0.926. The van der Waals surface area contributed by atoms with Crippen molar-refractivity contribution in [2.75, 3.05) is 7.11 Å². The molecule has 7 nitrogen and oxygen atoms in total. The number of aromatic amines is 1. The number of alkyl halides is 2. The SMILES string of the molecule is COc1cc(-n2c(C(C)(C)CC#N)c(CC(F)(F)C(=O)O)c3cc4[nH]ncc4cc32)ccc1F. The highest BCUT2D eigenvalue weighted by Gasteiger charge is 2.43. The van der Waals surface area contributed by atoms with Gasteiger partial charge in [0.25, 0.3) is 0 Å². The van der Waals surface area contributed by atoms with Crippen molar-refractivity contribution in [3.05, 3.63) is 53.6 Å². The lowest BCUT2D eigenvalue weighted by Gasteiger charge is -2.27. The molecule has 0 radical (unpaired) electrons. The summed E-state index contributed by atoms with van der Waals surface area (Å²) in [5.74, 6) is -6.95. The Hall–Kier alpha value is -4.00. The first kappa shape index (κ1) is 23.2. The van der Waals surface area contributed by atoms with Gasteiger partial charge in [0, 0.05) is 40.1 Å². The van der Waals surface area contributed by atoms with Crippen LogP contribution in [0.25, 0.3) is 27.5 Å². The zero-order chi connectivity index (χ0) is 24.8. The third-order valence-electron chi connectivity index (χ3n) is 5.90. The fourth-order valence-electron chi connectivity index (χ4n) is 4.31. The van der Waals surface area contributed by atoms with E-state index in [0.29, 0.717) is 33.2 Å². The average Bonchev–Trinajstić information content (AvgIpc) is 3.34. The molecule has 34 heavy (non-hydrogen) atoms. The molecular formula is C24H21F3N4O3. The van der Waals surface area contributed by atoms with E-state index in [1.54, 1.807) is 36.7 Å². The van der Waals surface area contributed by atoms with Gasteiger partial charge in [0.05, 0.1) is 36.8 Å². The van der Waals surface area contributed by atoms with Crippen molar-refractivity contribution in [2.24, 2.45) is 0 Å². The molecule has 2 N–H and O–H groups in total. The predicted molar refractivity (Wildman–Crippen MR) is 119 cm³/mol. The molecule has 0 saturated heterocycles. The maximum Gasteiger partial charge on any atom is 0.374 e. The van der Waals surface area contributed by atoms with Crippen LogP contribution >= 0.6 is 0 Å². The summed E-state index contributed by atoms with van der Waals surface area (Å²) in [7, 11) is 1.31. The van der Waals surface area contributed by atoms with E-state index in [4.69, 9.17) is 9.84 Å². The number of aliphatic carboxylic acids is 1. The van der Waals surface area contributed by atoms with Crippen molar-refractivity contribution in [1.82, 2.24) is 14.8 Å². The molecule has 0 amide bonds. The van der Waals surface area contributed by atoms with Crippen LogP contribution in [0.5, 0.6) is 5.75 Å². The van der Waals surface area contributed by atoms with Gasteiger partial charge >= 0.3 is 11.9 Å². The number of halogens is 3. The van der Waals surface area contributed by atoms with Crippen LogP contribution in [0.1, 0.15) is 31.5 Å². The molecule has 2 aromatic carbocycles. The van der Waals surface area contributed by atoms with Crippen LogP contribution < -0.4 is 4.74 Å². The molecule has 4 rings (SSSR count). The molecular weight excluding hydrogens is 449 g/mol. The normalized spacial score (nSPS) is 12.3. The number of benzene rings is 2. The Kier molecular flexibility index (Phi) is 5.52. The first-order valence-electron chi connectivity index (χ1n) is 10.3. The first-order chi connectivity index (χ1) is 16.0. The number of carboxylic acid groups (broad SMARTS) is 1. The van der Waals surface area contributed by atoms with Crippen molar-refractivity contribution >= 4 is 27.8 Å². The number of nitriles is 1. The van der Waals surface area contributed by atoms with Crippen LogP contribution in [0.4, 0.5) is 13.2 Å². The number of H-pyrrole nitrogens is 1. The second-order valence-electron chi connectivity index (χ2n) is 8.71. The lowest BCUT2D eigenvalue weighted by molar-refractivity contribution is -0.164. The summed E-state index contributed by atoms with van der Waals surface area (Å²) in [6.07, 6.45) is 0.448. The standard InChI is InChI=1S/C24H21F3N4O3/c1-23(2,6-7-28)21-16(11-24(26,27)22(32)33)15-10-18-13(12-29-30-18)8-19(15)31(21)14-4-5-17(25)20(9-14)34-3/h4-5,8-10,12H,6,11H2,1-3H3,(H,29,30)(H,32,33). The van der Waals surface area contributed by atoms with E-state index in [9.17, 15) is 23.2 Å². The molecule has 0 atom stereocenters. The van der Waals surface area contributed by atoms with Crippen molar-refractivity contribution in [3.8, 4) is 17.5 Å². The van der Waals surface area contributed by atoms with Crippen molar-refractivity contribution < 1.29 is 27.8 Å². The predicted octanol–water partition coefficient (Wildman–Crippen LogP) is 5.11. The summed E-state index contributed by atoms with van der Waals surface area (Å²) in [4.78, 5) is 11.3. The monoisotopic (exact) mass is 470 g/mol. The van der Waals surface area contributed by atoms with Gasteiger partial charge in [-0.2, -0.15) is 19.1 Å². The van der Waals surface area contributed by atoms with Crippen LogP contribution in [-0.2, 0) is 16.6 Å². The third-order valence-corrected chi connectivity index (χ3v) is 5.90. The average molecular weight is 470 g/mol. The number of nitrogens with one attached hydrogen (secondary N) is 1. The Bertz CT molecular complexity index is 1460. The van der Waals surface area contributed by atoms with E-state index in [1.807, 2.05) is 0 Å². The molecule has 0 aliphatic carbocycles. The number of ether oxygens (including phenoxy) is 1. The van der Waals surface area contributed by atoms with Crippen LogP contribution in [0.15, 0.2) is 36.5 Å². The number of carbonyl (C=O) groups is 1. The third kappa shape index (κ3) is 3.73. The summed E-state index contributed by atoms with van der Waals surface area (Å²) in [6.45, 7) is 3.44. The number of rotatable bonds is 7. The van der Waals surface area contributed by atoms with Gasteiger partial charge < -0.3 is 14.4 Å². The number of aromatic nitrogens is 3. The van der Waals surface area contributed by atoms with Crippen LogP contribution in [-0.4, -0.2) is 38.9 Å². The Labute approximate surface area is 192 Å². The van der Waals surface area contributed by atoms with Gasteiger partial charge in [-0.3, -0.25) is 5.10 Å². The molecule has 0 unspecified atom stereocenters. The first-order valence-corrected chi connectivity index (χ1v) is 10.3. The lowest BCUT2D eigenvalue weighted by Crippen LogP contribution is -2.32. The molecule has 4 aromatic rings. The highest BCUT2D eigenvalue weighted by Crippen LogP contribution is 2.42. The van der Waals surface area contributed by atoms with Gasteiger partial charge in [-0.25, -0.2) is 9.18 Å². The summed E-state index contributed by atoms with van der Waals surface area (Å²) in [6, 6.07) is 9.55. The van der Waals surface area contributed by atoms with Gasteiger partial charge in [0.15, 0.2) is 11.6 Å². The molecule has 10 heteroatoms. The largest absolute Gasteiger partial charge is 0.494 e.